The van der Waals surface area contributed by atoms with Crippen LogP contribution in [-0.2, 0) is 15.1 Å². The molecule has 4 amide bonds. The lowest BCUT2D eigenvalue weighted by atomic mass is 9.92. The summed E-state index contributed by atoms with van der Waals surface area (Å²) in [6, 6.07) is 11.7. The molecule has 1 heterocycles. The minimum absolute atomic E-state index is 0.0161. The normalized spacial score (nSPS) is 18.9. The Morgan fingerprint density at radius 1 is 1.21 bits per heavy atom. The highest BCUT2D eigenvalue weighted by Gasteiger charge is 2.50. The molecule has 1 saturated heterocycles. The van der Waals surface area contributed by atoms with Gasteiger partial charge in [0.15, 0.2) is 0 Å². The van der Waals surface area contributed by atoms with Crippen molar-refractivity contribution in [3.05, 3.63) is 64.9 Å². The molecule has 1 atom stereocenters. The maximum absolute atomic E-state index is 13.4. The van der Waals surface area contributed by atoms with Crippen LogP contribution in [0.3, 0.4) is 0 Å². The second kappa shape index (κ2) is 7.83. The van der Waals surface area contributed by atoms with E-state index in [-0.39, 0.29) is 16.6 Å². The first-order valence-corrected chi connectivity index (χ1v) is 9.49. The Hall–Kier alpha value is -2.93. The molecule has 1 aliphatic rings. The number of nitrogens with zero attached hydrogens (tertiary/aromatic N) is 2. The van der Waals surface area contributed by atoms with Crippen LogP contribution in [-0.4, -0.2) is 35.3 Å². The van der Waals surface area contributed by atoms with E-state index in [0.29, 0.717) is 5.69 Å². The van der Waals surface area contributed by atoms with Crippen LogP contribution in [0.1, 0.15) is 26.3 Å². The number of para-hydroxylation sites is 1. The topological polar surface area (TPSA) is 69.7 Å². The fourth-order valence-electron chi connectivity index (χ4n) is 3.45. The first-order valence-electron chi connectivity index (χ1n) is 9.12. The van der Waals surface area contributed by atoms with Crippen molar-refractivity contribution in [3.8, 4) is 0 Å². The van der Waals surface area contributed by atoms with Crippen molar-refractivity contribution in [1.82, 2.24) is 10.2 Å². The number of urea groups is 1. The molecular weight excluding hydrogens is 397 g/mol. The highest BCUT2D eigenvalue weighted by atomic mass is 35.5. The Labute approximate surface area is 173 Å². The maximum atomic E-state index is 13.4. The molecule has 0 radical (unpaired) electrons. The van der Waals surface area contributed by atoms with E-state index in [4.69, 9.17) is 11.6 Å². The quantitative estimate of drug-likeness (QED) is 0.754. The molecule has 1 fully saturated rings. The lowest BCUT2D eigenvalue weighted by Crippen LogP contribution is -2.46. The van der Waals surface area contributed by atoms with Crippen LogP contribution >= 0.6 is 11.6 Å². The number of nitrogens with one attached hydrogen (secondary N) is 1. The largest absolute Gasteiger partial charge is 0.325 e. The molecule has 2 aromatic rings. The summed E-state index contributed by atoms with van der Waals surface area (Å²) < 4.78 is 13.4. The second-order valence-corrected chi connectivity index (χ2v) is 7.67. The molecule has 1 unspecified atom stereocenters. The van der Waals surface area contributed by atoms with Crippen LogP contribution in [0, 0.1) is 5.82 Å². The van der Waals surface area contributed by atoms with E-state index in [1.165, 1.54) is 17.9 Å². The Balaban J connectivity index is 1.87. The van der Waals surface area contributed by atoms with Crippen molar-refractivity contribution in [2.24, 2.45) is 0 Å². The number of carbonyl (C=O) groups is 3. The number of anilines is 1. The first kappa shape index (κ1) is 20.8. The van der Waals surface area contributed by atoms with E-state index in [2.05, 4.69) is 5.32 Å². The summed E-state index contributed by atoms with van der Waals surface area (Å²) in [4.78, 5) is 40.9. The Morgan fingerprint density at radius 3 is 2.45 bits per heavy atom. The van der Waals surface area contributed by atoms with Crippen LogP contribution in [0.4, 0.5) is 14.9 Å². The molecular formula is C21H21ClFN3O3. The number of halogens is 2. The lowest BCUT2D eigenvalue weighted by molar-refractivity contribution is -0.134. The fraction of sp³-hybridized carbons (Fsp3) is 0.286. The Morgan fingerprint density at radius 2 is 1.86 bits per heavy atom. The average molecular weight is 418 g/mol. The predicted molar refractivity (Wildman–Crippen MR) is 108 cm³/mol. The molecule has 3 rings (SSSR count). The molecule has 0 bridgehead atoms. The molecule has 0 aromatic heterocycles. The number of hydrogen-bond acceptors (Lipinski definition) is 3. The average Bonchev–Trinajstić information content (AvgIpc) is 2.86. The number of amides is 4. The SMILES string of the molecule is CC(C)N(C(=O)CN1C(=O)NC(C)(c2ccc(F)cc2Cl)C1=O)c1ccccc1. The van der Waals surface area contributed by atoms with Gasteiger partial charge in [0.2, 0.25) is 5.91 Å². The fourth-order valence-corrected chi connectivity index (χ4v) is 3.80. The van der Waals surface area contributed by atoms with Gasteiger partial charge < -0.3 is 10.2 Å². The smallest absolute Gasteiger partial charge is 0.319 e. The molecule has 152 valence electrons. The van der Waals surface area contributed by atoms with Gasteiger partial charge in [-0.1, -0.05) is 35.9 Å². The molecule has 1 N–H and O–H groups in total. The van der Waals surface area contributed by atoms with Gasteiger partial charge in [0.25, 0.3) is 5.91 Å². The summed E-state index contributed by atoms with van der Waals surface area (Å²) in [5.74, 6) is -1.58. The van der Waals surface area contributed by atoms with Crippen molar-refractivity contribution in [2.75, 3.05) is 11.4 Å². The minimum atomic E-state index is -1.49. The predicted octanol–water partition coefficient (Wildman–Crippen LogP) is 3.69. The number of imide groups is 1. The molecule has 0 spiro atoms. The highest BCUT2D eigenvalue weighted by Crippen LogP contribution is 2.34. The van der Waals surface area contributed by atoms with Crippen LogP contribution in [0.2, 0.25) is 5.02 Å². The van der Waals surface area contributed by atoms with Gasteiger partial charge in [-0.3, -0.25) is 14.5 Å². The van der Waals surface area contributed by atoms with E-state index in [0.717, 1.165) is 17.0 Å². The monoisotopic (exact) mass is 417 g/mol. The Kier molecular flexibility index (Phi) is 5.61. The van der Waals surface area contributed by atoms with Gasteiger partial charge in [-0.2, -0.15) is 0 Å². The van der Waals surface area contributed by atoms with Crippen molar-refractivity contribution in [1.29, 1.82) is 0 Å². The zero-order valence-corrected chi connectivity index (χ0v) is 17.0. The molecule has 6 nitrogen and oxygen atoms in total. The molecule has 1 aliphatic heterocycles. The van der Waals surface area contributed by atoms with Gasteiger partial charge in [-0.15, -0.1) is 0 Å². The van der Waals surface area contributed by atoms with E-state index >= 15 is 0 Å². The van der Waals surface area contributed by atoms with Crippen LogP contribution in [0.25, 0.3) is 0 Å². The molecule has 29 heavy (non-hydrogen) atoms. The summed E-state index contributed by atoms with van der Waals surface area (Å²) >= 11 is 6.10. The Bertz CT molecular complexity index is 967. The maximum Gasteiger partial charge on any atom is 0.325 e. The highest BCUT2D eigenvalue weighted by molar-refractivity contribution is 6.32. The number of hydrogen-bond donors (Lipinski definition) is 1. The molecule has 8 heteroatoms. The zero-order chi connectivity index (χ0) is 21.3. The van der Waals surface area contributed by atoms with E-state index in [1.54, 1.807) is 24.3 Å². The summed E-state index contributed by atoms with van der Waals surface area (Å²) in [5, 5.41) is 2.60. The van der Waals surface area contributed by atoms with E-state index in [1.807, 2.05) is 19.9 Å². The van der Waals surface area contributed by atoms with Gasteiger partial charge in [0.1, 0.15) is 17.9 Å². The van der Waals surface area contributed by atoms with Crippen molar-refractivity contribution in [2.45, 2.75) is 32.4 Å². The van der Waals surface area contributed by atoms with Gasteiger partial charge in [-0.25, -0.2) is 9.18 Å². The summed E-state index contributed by atoms with van der Waals surface area (Å²) in [6.45, 7) is 4.75. The molecule has 2 aromatic carbocycles. The van der Waals surface area contributed by atoms with Crippen molar-refractivity contribution < 1.29 is 18.8 Å². The molecule has 0 saturated carbocycles. The summed E-state index contributed by atoms with van der Waals surface area (Å²) in [7, 11) is 0. The second-order valence-electron chi connectivity index (χ2n) is 7.26. The third-order valence-electron chi connectivity index (χ3n) is 4.86. The van der Waals surface area contributed by atoms with Crippen molar-refractivity contribution >= 4 is 35.1 Å². The van der Waals surface area contributed by atoms with Gasteiger partial charge in [0, 0.05) is 22.3 Å². The van der Waals surface area contributed by atoms with Crippen LogP contribution in [0.5, 0.6) is 0 Å². The van der Waals surface area contributed by atoms with E-state index < -0.39 is 35.7 Å². The third kappa shape index (κ3) is 3.82. The first-order chi connectivity index (χ1) is 13.6. The lowest BCUT2D eigenvalue weighted by Gasteiger charge is -2.28. The number of rotatable bonds is 5. The molecule has 0 aliphatic carbocycles. The number of carbonyl (C=O) groups excluding carboxylic acids is 3. The summed E-state index contributed by atoms with van der Waals surface area (Å²) in [5.41, 5.74) is -0.557. The van der Waals surface area contributed by atoms with Gasteiger partial charge in [0.05, 0.1) is 0 Å². The number of benzene rings is 2. The van der Waals surface area contributed by atoms with Crippen molar-refractivity contribution in [3.63, 3.8) is 0 Å². The van der Waals surface area contributed by atoms with Gasteiger partial charge >= 0.3 is 6.03 Å². The van der Waals surface area contributed by atoms with E-state index in [9.17, 15) is 18.8 Å². The van der Waals surface area contributed by atoms with Crippen LogP contribution in [0.15, 0.2) is 48.5 Å². The zero-order valence-electron chi connectivity index (χ0n) is 16.3. The third-order valence-corrected chi connectivity index (χ3v) is 5.17. The van der Waals surface area contributed by atoms with Crippen LogP contribution < -0.4 is 10.2 Å². The standard InChI is InChI=1S/C21H21ClFN3O3/c1-13(2)26(15-7-5-4-6-8-15)18(27)12-25-19(28)21(3,24-20(25)29)16-10-9-14(23)11-17(16)22/h4-11,13H,12H2,1-3H3,(H,24,29). The minimum Gasteiger partial charge on any atom is -0.319 e. The summed E-state index contributed by atoms with van der Waals surface area (Å²) in [6.07, 6.45) is 0. The van der Waals surface area contributed by atoms with Gasteiger partial charge in [-0.05, 0) is 45.0 Å².